The molecule has 0 saturated carbocycles. The maximum atomic E-state index is 6.33. The van der Waals surface area contributed by atoms with Crippen molar-refractivity contribution in [1.82, 2.24) is 0 Å². The molecule has 0 bridgehead atoms. The molecule has 0 saturated heterocycles. The molecule has 0 aliphatic rings. The number of benzene rings is 4. The molecule has 0 fully saturated rings. The lowest BCUT2D eigenvalue weighted by Crippen LogP contribution is -2.30. The van der Waals surface area contributed by atoms with Crippen molar-refractivity contribution in [3.05, 3.63) is 78.5 Å². The standard InChI is InChI=1S/C25H18NO/c1-15-19(20-11-5-6-13-26(20)2)14-22-25-23(15)17-9-4-3-8-16(17)18-10-7-12-21(27-22)24(18)25/h3-14H,1-2H3/q+1. The van der Waals surface area contributed by atoms with Crippen molar-refractivity contribution in [3.8, 4) is 11.3 Å². The molecule has 27 heavy (non-hydrogen) atoms. The molecular weight excluding hydrogens is 330 g/mol. The van der Waals surface area contributed by atoms with E-state index in [1.165, 1.54) is 49.1 Å². The predicted molar refractivity (Wildman–Crippen MR) is 111 cm³/mol. The zero-order valence-corrected chi connectivity index (χ0v) is 15.3. The second-order valence-electron chi connectivity index (χ2n) is 7.32. The van der Waals surface area contributed by atoms with Crippen LogP contribution in [0.4, 0.5) is 0 Å². The highest BCUT2D eigenvalue weighted by Crippen LogP contribution is 2.45. The van der Waals surface area contributed by atoms with Crippen molar-refractivity contribution < 1.29 is 8.98 Å². The first-order valence-corrected chi connectivity index (χ1v) is 9.27. The van der Waals surface area contributed by atoms with Gasteiger partial charge in [0.2, 0.25) is 5.69 Å². The average Bonchev–Trinajstić information content (AvgIpc) is 3.07. The smallest absolute Gasteiger partial charge is 0.212 e. The van der Waals surface area contributed by atoms with Gasteiger partial charge in [0.05, 0.1) is 5.56 Å². The summed E-state index contributed by atoms with van der Waals surface area (Å²) in [6.45, 7) is 2.24. The SMILES string of the molecule is Cc1c(-c2cccc[n+]2C)cc2oc3cccc4c5ccccc5c1c2c34. The summed E-state index contributed by atoms with van der Waals surface area (Å²) in [7, 11) is 2.09. The Labute approximate surface area is 156 Å². The van der Waals surface area contributed by atoms with Gasteiger partial charge < -0.3 is 4.42 Å². The first-order valence-electron chi connectivity index (χ1n) is 9.27. The number of rotatable bonds is 1. The Morgan fingerprint density at radius 1 is 0.704 bits per heavy atom. The Hall–Kier alpha value is -3.39. The molecule has 0 spiro atoms. The monoisotopic (exact) mass is 348 g/mol. The number of aromatic nitrogens is 1. The minimum Gasteiger partial charge on any atom is -0.456 e. The summed E-state index contributed by atoms with van der Waals surface area (Å²) < 4.78 is 8.50. The van der Waals surface area contributed by atoms with E-state index in [2.05, 4.69) is 91.5 Å². The fourth-order valence-electron chi connectivity index (χ4n) is 4.64. The largest absolute Gasteiger partial charge is 0.456 e. The Morgan fingerprint density at radius 3 is 2.30 bits per heavy atom. The zero-order valence-electron chi connectivity index (χ0n) is 15.3. The van der Waals surface area contributed by atoms with Crippen LogP contribution in [0.15, 0.2) is 77.3 Å². The van der Waals surface area contributed by atoms with Gasteiger partial charge in [-0.1, -0.05) is 36.4 Å². The summed E-state index contributed by atoms with van der Waals surface area (Å²) in [5.41, 5.74) is 5.64. The summed E-state index contributed by atoms with van der Waals surface area (Å²) in [5.74, 6) is 0. The number of pyridine rings is 1. The van der Waals surface area contributed by atoms with Gasteiger partial charge in [0, 0.05) is 22.9 Å². The van der Waals surface area contributed by atoms with E-state index in [0.29, 0.717) is 0 Å². The Kier molecular flexibility index (Phi) is 2.77. The summed E-state index contributed by atoms with van der Waals surface area (Å²) in [5, 5.41) is 7.65. The summed E-state index contributed by atoms with van der Waals surface area (Å²) in [6, 6.07) is 23.6. The van der Waals surface area contributed by atoms with Crippen LogP contribution >= 0.6 is 0 Å². The van der Waals surface area contributed by atoms with Crippen LogP contribution in [0.3, 0.4) is 0 Å². The van der Waals surface area contributed by atoms with E-state index in [9.17, 15) is 0 Å². The molecule has 2 heteroatoms. The lowest BCUT2D eigenvalue weighted by atomic mass is 9.89. The van der Waals surface area contributed by atoms with E-state index in [-0.39, 0.29) is 0 Å². The van der Waals surface area contributed by atoms with Crippen molar-refractivity contribution in [1.29, 1.82) is 0 Å². The van der Waals surface area contributed by atoms with Gasteiger partial charge in [-0.15, -0.1) is 0 Å². The molecule has 2 nitrogen and oxygen atoms in total. The third-order valence-corrected chi connectivity index (χ3v) is 5.86. The first-order chi connectivity index (χ1) is 13.2. The molecule has 0 N–H and O–H groups in total. The molecule has 0 amide bonds. The number of nitrogens with zero attached hydrogens (tertiary/aromatic N) is 1. The van der Waals surface area contributed by atoms with Crippen LogP contribution in [-0.2, 0) is 7.05 Å². The molecule has 128 valence electrons. The molecule has 4 aromatic carbocycles. The number of fused-ring (bicyclic) bond motifs is 3. The zero-order chi connectivity index (χ0) is 18.1. The Bertz CT molecular complexity index is 1490. The minimum absolute atomic E-state index is 0.964. The van der Waals surface area contributed by atoms with Gasteiger partial charge in [-0.25, -0.2) is 4.57 Å². The highest BCUT2D eigenvalue weighted by molar-refractivity contribution is 6.34. The van der Waals surface area contributed by atoms with Gasteiger partial charge >= 0.3 is 0 Å². The van der Waals surface area contributed by atoms with Gasteiger partial charge in [-0.2, -0.15) is 0 Å². The topological polar surface area (TPSA) is 17.0 Å². The molecule has 0 aliphatic carbocycles. The fourth-order valence-corrected chi connectivity index (χ4v) is 4.64. The normalized spacial score (nSPS) is 12.1. The minimum atomic E-state index is 0.964. The van der Waals surface area contributed by atoms with Crippen LogP contribution in [0.25, 0.3) is 54.7 Å². The third kappa shape index (κ3) is 1.82. The second kappa shape index (κ2) is 5.08. The van der Waals surface area contributed by atoms with Crippen molar-refractivity contribution in [2.24, 2.45) is 7.05 Å². The Balaban J connectivity index is 1.94. The second-order valence-corrected chi connectivity index (χ2v) is 7.32. The lowest BCUT2D eigenvalue weighted by molar-refractivity contribution is -0.660. The quantitative estimate of drug-likeness (QED) is 0.258. The molecule has 0 radical (unpaired) electrons. The van der Waals surface area contributed by atoms with Crippen LogP contribution in [0.5, 0.6) is 0 Å². The van der Waals surface area contributed by atoms with E-state index in [1.54, 1.807) is 0 Å². The number of aryl methyl sites for hydroxylation is 2. The molecule has 6 aromatic rings. The highest BCUT2D eigenvalue weighted by atomic mass is 16.3. The van der Waals surface area contributed by atoms with E-state index < -0.39 is 0 Å². The highest BCUT2D eigenvalue weighted by Gasteiger charge is 2.22. The lowest BCUT2D eigenvalue weighted by Gasteiger charge is -2.12. The van der Waals surface area contributed by atoms with E-state index in [0.717, 1.165) is 11.2 Å². The van der Waals surface area contributed by atoms with Crippen LogP contribution in [-0.4, -0.2) is 0 Å². The molecular formula is C25H18NO+. The van der Waals surface area contributed by atoms with Crippen LogP contribution in [0.2, 0.25) is 0 Å². The molecule has 2 aromatic heterocycles. The van der Waals surface area contributed by atoms with E-state index in [4.69, 9.17) is 4.42 Å². The van der Waals surface area contributed by atoms with Crippen molar-refractivity contribution in [2.45, 2.75) is 6.92 Å². The molecule has 0 atom stereocenters. The molecule has 0 unspecified atom stereocenters. The van der Waals surface area contributed by atoms with E-state index >= 15 is 0 Å². The van der Waals surface area contributed by atoms with Gasteiger partial charge in [0.25, 0.3) is 0 Å². The number of hydrogen-bond donors (Lipinski definition) is 0. The molecule has 2 heterocycles. The van der Waals surface area contributed by atoms with Gasteiger partial charge in [-0.05, 0) is 52.2 Å². The van der Waals surface area contributed by atoms with Crippen LogP contribution in [0, 0.1) is 6.92 Å². The van der Waals surface area contributed by atoms with Gasteiger partial charge in [-0.3, -0.25) is 0 Å². The van der Waals surface area contributed by atoms with Crippen LogP contribution < -0.4 is 4.57 Å². The van der Waals surface area contributed by atoms with Crippen molar-refractivity contribution in [3.63, 3.8) is 0 Å². The van der Waals surface area contributed by atoms with E-state index in [1.807, 2.05) is 0 Å². The predicted octanol–water partition coefficient (Wildman–Crippen LogP) is 6.13. The van der Waals surface area contributed by atoms with Gasteiger partial charge in [0.15, 0.2) is 6.20 Å². The maximum absolute atomic E-state index is 6.33. The maximum Gasteiger partial charge on any atom is 0.212 e. The summed E-state index contributed by atoms with van der Waals surface area (Å²) in [6.07, 6.45) is 2.09. The summed E-state index contributed by atoms with van der Waals surface area (Å²) >= 11 is 0. The number of furan rings is 1. The number of hydrogen-bond acceptors (Lipinski definition) is 1. The van der Waals surface area contributed by atoms with Crippen LogP contribution in [0.1, 0.15) is 5.56 Å². The average molecular weight is 348 g/mol. The van der Waals surface area contributed by atoms with Crippen molar-refractivity contribution in [2.75, 3.05) is 0 Å². The molecule has 0 aliphatic heterocycles. The summed E-state index contributed by atoms with van der Waals surface area (Å²) in [4.78, 5) is 0. The first kappa shape index (κ1) is 14.7. The molecule has 6 rings (SSSR count). The Morgan fingerprint density at radius 2 is 1.44 bits per heavy atom. The third-order valence-electron chi connectivity index (χ3n) is 5.86. The van der Waals surface area contributed by atoms with Crippen molar-refractivity contribution >= 4 is 43.5 Å². The van der Waals surface area contributed by atoms with Gasteiger partial charge in [0.1, 0.15) is 18.2 Å². The fraction of sp³-hybridized carbons (Fsp3) is 0.0800.